The molecule has 0 radical (unpaired) electrons. The highest BCUT2D eigenvalue weighted by Crippen LogP contribution is 2.37. The molecule has 0 bridgehead atoms. The molecular formula is C21H28ClF3N2O3S. The molecule has 1 aromatic carbocycles. The summed E-state index contributed by atoms with van der Waals surface area (Å²) in [6, 6.07) is 2.73. The summed E-state index contributed by atoms with van der Waals surface area (Å²) in [4.78, 5) is 12.3. The molecule has 10 heteroatoms. The minimum absolute atomic E-state index is 0.0613. The van der Waals surface area contributed by atoms with Gasteiger partial charge < -0.3 is 5.32 Å². The van der Waals surface area contributed by atoms with E-state index < -0.39 is 31.7 Å². The van der Waals surface area contributed by atoms with Crippen LogP contribution in [0, 0.1) is 17.8 Å². The third-order valence-corrected chi connectivity index (χ3v) is 8.96. The number of carbonyl (C=O) groups is 1. The summed E-state index contributed by atoms with van der Waals surface area (Å²) in [6.07, 6.45) is -0.897. The van der Waals surface area contributed by atoms with Crippen molar-refractivity contribution in [1.29, 1.82) is 0 Å². The van der Waals surface area contributed by atoms with E-state index in [4.69, 9.17) is 11.6 Å². The van der Waals surface area contributed by atoms with E-state index in [0.29, 0.717) is 30.7 Å². The Morgan fingerprint density at radius 3 is 2.39 bits per heavy atom. The van der Waals surface area contributed by atoms with E-state index in [1.54, 1.807) is 0 Å². The van der Waals surface area contributed by atoms with Gasteiger partial charge in [0.15, 0.2) is 0 Å². The van der Waals surface area contributed by atoms with Crippen LogP contribution in [0.4, 0.5) is 13.2 Å². The molecule has 0 spiro atoms. The number of nitrogens with zero attached hydrogens (tertiary/aromatic N) is 1. The van der Waals surface area contributed by atoms with E-state index in [9.17, 15) is 26.4 Å². The van der Waals surface area contributed by atoms with Crippen molar-refractivity contribution < 1.29 is 26.4 Å². The molecule has 1 N–H and O–H groups in total. The first-order chi connectivity index (χ1) is 14.4. The summed E-state index contributed by atoms with van der Waals surface area (Å²) < 4.78 is 66.2. The first-order valence-corrected chi connectivity index (χ1v) is 12.4. The Balaban J connectivity index is 1.64. The van der Waals surface area contributed by atoms with Crippen LogP contribution in [0.2, 0.25) is 5.02 Å². The van der Waals surface area contributed by atoms with Crippen LogP contribution in [0.15, 0.2) is 23.1 Å². The SMILES string of the molecule is C[C@H]1[C@H](C)CCC[C@H]1NC(=O)C1CCN(S(=O)(=O)c2ccc(Cl)c(C(F)(F)F)c2)CC1. The average Bonchev–Trinajstić information content (AvgIpc) is 2.70. The lowest BCUT2D eigenvalue weighted by molar-refractivity contribution is -0.137. The molecule has 1 aromatic rings. The number of rotatable bonds is 4. The normalized spacial score (nSPS) is 26.6. The van der Waals surface area contributed by atoms with Crippen molar-refractivity contribution in [3.05, 3.63) is 28.8 Å². The molecule has 2 aliphatic rings. The second-order valence-corrected chi connectivity index (χ2v) is 11.0. The van der Waals surface area contributed by atoms with Crippen molar-refractivity contribution in [1.82, 2.24) is 9.62 Å². The number of benzene rings is 1. The molecule has 174 valence electrons. The van der Waals surface area contributed by atoms with Crippen LogP contribution in [0.5, 0.6) is 0 Å². The van der Waals surface area contributed by atoms with Gasteiger partial charge in [-0.1, -0.05) is 38.3 Å². The largest absolute Gasteiger partial charge is 0.417 e. The van der Waals surface area contributed by atoms with Crippen molar-refractivity contribution in [2.45, 2.75) is 63.1 Å². The van der Waals surface area contributed by atoms with Crippen LogP contribution in [-0.4, -0.2) is 37.8 Å². The number of carbonyl (C=O) groups excluding carboxylic acids is 1. The standard InChI is InChI=1S/C21H28ClF3N2O3S/c1-13-4-3-5-19(14(13)2)26-20(28)15-8-10-27(11-9-15)31(29,30)16-6-7-18(22)17(12-16)21(23,24)25/h6-7,12-15,19H,3-5,8-11H2,1-2H3,(H,26,28)/t13-,14+,19-/m1/s1. The fraction of sp³-hybridized carbons (Fsp3) is 0.667. The number of piperidine rings is 1. The van der Waals surface area contributed by atoms with Gasteiger partial charge in [0.05, 0.1) is 15.5 Å². The molecule has 1 amide bonds. The molecule has 3 atom stereocenters. The van der Waals surface area contributed by atoms with Crippen LogP contribution in [-0.2, 0) is 21.0 Å². The maximum Gasteiger partial charge on any atom is 0.417 e. The quantitative estimate of drug-likeness (QED) is 0.679. The second-order valence-electron chi connectivity index (χ2n) is 8.70. The predicted molar refractivity (Wildman–Crippen MR) is 112 cm³/mol. The third kappa shape index (κ3) is 5.37. The highest BCUT2D eigenvalue weighted by molar-refractivity contribution is 7.89. The van der Waals surface area contributed by atoms with Gasteiger partial charge in [-0.05, 0) is 49.3 Å². The number of alkyl halides is 3. The highest BCUT2D eigenvalue weighted by atomic mass is 35.5. The molecule has 31 heavy (non-hydrogen) atoms. The van der Waals surface area contributed by atoms with E-state index in [1.165, 1.54) is 0 Å². The maximum atomic E-state index is 13.1. The van der Waals surface area contributed by atoms with Crippen LogP contribution in [0.1, 0.15) is 51.5 Å². The Morgan fingerprint density at radius 1 is 1.13 bits per heavy atom. The average molecular weight is 481 g/mol. The molecule has 0 aromatic heterocycles. The van der Waals surface area contributed by atoms with Gasteiger partial charge in [-0.3, -0.25) is 4.79 Å². The molecule has 1 aliphatic carbocycles. The lowest BCUT2D eigenvalue weighted by Gasteiger charge is -2.36. The molecule has 3 rings (SSSR count). The van der Waals surface area contributed by atoms with E-state index in [1.807, 2.05) is 0 Å². The Labute approximate surface area is 186 Å². The molecule has 2 fully saturated rings. The molecule has 5 nitrogen and oxygen atoms in total. The Bertz CT molecular complexity index is 915. The predicted octanol–water partition coefficient (Wildman–Crippen LogP) is 4.70. The van der Waals surface area contributed by atoms with Gasteiger partial charge in [0.25, 0.3) is 0 Å². The number of sulfonamides is 1. The summed E-state index contributed by atoms with van der Waals surface area (Å²) in [6.45, 7) is 4.50. The zero-order valence-electron chi connectivity index (χ0n) is 17.6. The van der Waals surface area contributed by atoms with Crippen LogP contribution < -0.4 is 5.32 Å². The minimum atomic E-state index is -4.75. The lowest BCUT2D eigenvalue weighted by Crippen LogP contribution is -2.48. The van der Waals surface area contributed by atoms with Gasteiger partial charge in [0, 0.05) is 25.0 Å². The van der Waals surface area contributed by atoms with Crippen molar-refractivity contribution in [2.75, 3.05) is 13.1 Å². The molecule has 0 unspecified atom stereocenters. The van der Waals surface area contributed by atoms with Gasteiger partial charge >= 0.3 is 6.18 Å². The summed E-state index contributed by atoms with van der Waals surface area (Å²) in [5, 5.41) is 2.59. The van der Waals surface area contributed by atoms with Gasteiger partial charge in [0.2, 0.25) is 15.9 Å². The molecule has 1 saturated heterocycles. The van der Waals surface area contributed by atoms with Crippen molar-refractivity contribution >= 4 is 27.5 Å². The van der Waals surface area contributed by atoms with E-state index in [0.717, 1.165) is 35.7 Å². The Kier molecular flexibility index (Phi) is 7.28. The summed E-state index contributed by atoms with van der Waals surface area (Å²) in [5.74, 6) is 0.582. The smallest absolute Gasteiger partial charge is 0.353 e. The molecule has 1 aliphatic heterocycles. The van der Waals surface area contributed by atoms with Gasteiger partial charge in [0.1, 0.15) is 0 Å². The number of nitrogens with one attached hydrogen (secondary N) is 1. The van der Waals surface area contributed by atoms with Crippen molar-refractivity contribution in [2.24, 2.45) is 17.8 Å². The third-order valence-electron chi connectivity index (χ3n) is 6.74. The Morgan fingerprint density at radius 2 is 1.77 bits per heavy atom. The van der Waals surface area contributed by atoms with E-state index in [-0.39, 0.29) is 31.0 Å². The van der Waals surface area contributed by atoms with Crippen molar-refractivity contribution in [3.8, 4) is 0 Å². The molecule has 1 saturated carbocycles. The number of amides is 1. The van der Waals surface area contributed by atoms with E-state index >= 15 is 0 Å². The van der Waals surface area contributed by atoms with Crippen LogP contribution in [0.25, 0.3) is 0 Å². The van der Waals surface area contributed by atoms with Gasteiger partial charge in [-0.15, -0.1) is 0 Å². The summed E-state index contributed by atoms with van der Waals surface area (Å²) in [7, 11) is -4.11. The zero-order valence-corrected chi connectivity index (χ0v) is 19.2. The maximum absolute atomic E-state index is 13.1. The Hall–Kier alpha value is -1.32. The summed E-state index contributed by atoms with van der Waals surface area (Å²) >= 11 is 5.60. The summed E-state index contributed by atoms with van der Waals surface area (Å²) in [5.41, 5.74) is -1.18. The minimum Gasteiger partial charge on any atom is -0.353 e. The lowest BCUT2D eigenvalue weighted by atomic mass is 9.78. The second kappa shape index (κ2) is 9.27. The van der Waals surface area contributed by atoms with E-state index in [2.05, 4.69) is 19.2 Å². The first-order valence-electron chi connectivity index (χ1n) is 10.6. The van der Waals surface area contributed by atoms with Crippen LogP contribution >= 0.6 is 11.6 Å². The molecule has 1 heterocycles. The first kappa shape index (κ1) is 24.3. The monoisotopic (exact) mass is 480 g/mol. The number of hydrogen-bond acceptors (Lipinski definition) is 3. The van der Waals surface area contributed by atoms with Crippen LogP contribution in [0.3, 0.4) is 0 Å². The fourth-order valence-electron chi connectivity index (χ4n) is 4.48. The number of halogens is 4. The number of hydrogen-bond donors (Lipinski definition) is 1. The van der Waals surface area contributed by atoms with Crippen molar-refractivity contribution in [3.63, 3.8) is 0 Å². The zero-order chi connectivity index (χ0) is 23.0. The fourth-order valence-corrected chi connectivity index (χ4v) is 6.20. The highest BCUT2D eigenvalue weighted by Gasteiger charge is 2.37. The van der Waals surface area contributed by atoms with Gasteiger partial charge in [-0.25, -0.2) is 8.42 Å². The van der Waals surface area contributed by atoms with Gasteiger partial charge in [-0.2, -0.15) is 17.5 Å². The topological polar surface area (TPSA) is 66.5 Å². The molecular weight excluding hydrogens is 453 g/mol.